The number of quaternary nitrogens is 1. The average molecular weight is 362 g/mol. The monoisotopic (exact) mass is 362 g/mol. The molecule has 0 saturated heterocycles. The molecule has 0 aliphatic rings. The molecule has 130 valence electrons. The van der Waals surface area contributed by atoms with Gasteiger partial charge in [0.05, 0.1) is 0 Å². The minimum Gasteiger partial charge on any atom is -0.331 e. The first-order valence-corrected chi connectivity index (χ1v) is 9.49. The lowest BCUT2D eigenvalue weighted by Crippen LogP contribution is -2.84. The summed E-state index contributed by atoms with van der Waals surface area (Å²) in [6.07, 6.45) is 1.77. The number of aromatic nitrogens is 2. The molecular formula is C21H20N3OS+. The van der Waals surface area contributed by atoms with Crippen molar-refractivity contribution in [2.75, 3.05) is 0 Å². The van der Waals surface area contributed by atoms with Gasteiger partial charge in [0, 0.05) is 28.8 Å². The number of rotatable bonds is 5. The van der Waals surface area contributed by atoms with Gasteiger partial charge < -0.3 is 5.32 Å². The van der Waals surface area contributed by atoms with Crippen LogP contribution in [0.3, 0.4) is 0 Å². The Morgan fingerprint density at radius 2 is 1.81 bits per heavy atom. The predicted molar refractivity (Wildman–Crippen MR) is 104 cm³/mol. The quantitative estimate of drug-likeness (QED) is 0.593. The van der Waals surface area contributed by atoms with Crippen molar-refractivity contribution in [3.8, 4) is 0 Å². The van der Waals surface area contributed by atoms with Gasteiger partial charge in [0.25, 0.3) is 5.56 Å². The highest BCUT2D eigenvalue weighted by atomic mass is 32.1. The zero-order valence-corrected chi connectivity index (χ0v) is 15.3. The maximum absolute atomic E-state index is 12.2. The number of hydrogen-bond acceptors (Lipinski definition) is 3. The molecule has 5 heteroatoms. The van der Waals surface area contributed by atoms with Gasteiger partial charge in [-0.25, -0.2) is 4.98 Å². The topological polar surface area (TPSA) is 51.0 Å². The molecule has 0 aliphatic heterocycles. The Balaban J connectivity index is 1.64. The minimum absolute atomic E-state index is 0.0220. The SMILES string of the molecule is Cc1ccc([C@@H]([NH2+]Cc2cc(=O)n3ccsc3n2)c2ccccc2)cc1. The van der Waals surface area contributed by atoms with Gasteiger partial charge in [-0.2, -0.15) is 0 Å². The molecule has 0 fully saturated rings. The van der Waals surface area contributed by atoms with Crippen molar-refractivity contribution in [3.05, 3.63) is 105 Å². The van der Waals surface area contributed by atoms with Crippen molar-refractivity contribution >= 4 is 16.3 Å². The van der Waals surface area contributed by atoms with E-state index in [4.69, 9.17) is 0 Å². The molecule has 0 bridgehead atoms. The molecule has 2 heterocycles. The maximum atomic E-state index is 12.2. The molecule has 4 aromatic rings. The fourth-order valence-electron chi connectivity index (χ4n) is 3.13. The zero-order valence-electron chi connectivity index (χ0n) is 14.5. The van der Waals surface area contributed by atoms with Crippen molar-refractivity contribution in [2.24, 2.45) is 0 Å². The fraction of sp³-hybridized carbons (Fsp3) is 0.143. The standard InChI is InChI=1S/C21H19N3OS/c1-15-7-9-17(10-8-15)20(16-5-3-2-4-6-16)22-14-18-13-19(25)24-11-12-26-21(24)23-18/h2-13,20,22H,14H2,1H3/p+1/t20-/m0/s1. The number of fused-ring (bicyclic) bond motifs is 1. The first-order chi connectivity index (χ1) is 12.7. The molecule has 4 rings (SSSR count). The lowest BCUT2D eigenvalue weighted by atomic mass is 9.98. The lowest BCUT2D eigenvalue weighted by Gasteiger charge is -2.16. The second-order valence-corrected chi connectivity index (χ2v) is 7.25. The summed E-state index contributed by atoms with van der Waals surface area (Å²) in [4.78, 5) is 17.6. The van der Waals surface area contributed by atoms with Gasteiger partial charge in [-0.15, -0.1) is 11.3 Å². The Morgan fingerprint density at radius 3 is 2.58 bits per heavy atom. The van der Waals surface area contributed by atoms with Gasteiger partial charge in [0.15, 0.2) is 4.96 Å². The van der Waals surface area contributed by atoms with E-state index >= 15 is 0 Å². The number of benzene rings is 2. The molecule has 1 atom stereocenters. The Morgan fingerprint density at radius 1 is 1.08 bits per heavy atom. The van der Waals surface area contributed by atoms with Crippen LogP contribution in [0.1, 0.15) is 28.4 Å². The summed E-state index contributed by atoms with van der Waals surface area (Å²) >= 11 is 1.48. The van der Waals surface area contributed by atoms with E-state index in [0.29, 0.717) is 6.54 Å². The van der Waals surface area contributed by atoms with Crippen LogP contribution in [0.4, 0.5) is 0 Å². The third-order valence-electron chi connectivity index (χ3n) is 4.51. The molecule has 0 aliphatic carbocycles. The second kappa shape index (κ2) is 7.23. The van der Waals surface area contributed by atoms with Crippen LogP contribution in [-0.2, 0) is 6.54 Å². The van der Waals surface area contributed by atoms with Crippen molar-refractivity contribution < 1.29 is 5.32 Å². The molecular weight excluding hydrogens is 342 g/mol. The van der Waals surface area contributed by atoms with Crippen molar-refractivity contribution in [1.29, 1.82) is 0 Å². The Bertz CT molecular complexity index is 1070. The van der Waals surface area contributed by atoms with E-state index in [9.17, 15) is 4.79 Å². The first kappa shape index (κ1) is 16.7. The maximum Gasteiger partial charge on any atom is 0.258 e. The molecule has 26 heavy (non-hydrogen) atoms. The normalized spacial score (nSPS) is 12.3. The summed E-state index contributed by atoms with van der Waals surface area (Å²) in [7, 11) is 0. The molecule has 0 unspecified atom stereocenters. The van der Waals surface area contributed by atoms with Crippen molar-refractivity contribution in [3.63, 3.8) is 0 Å². The highest BCUT2D eigenvalue weighted by Gasteiger charge is 2.18. The molecule has 2 aromatic heterocycles. The Kier molecular flexibility index (Phi) is 4.65. The van der Waals surface area contributed by atoms with Gasteiger partial charge >= 0.3 is 0 Å². The number of aryl methyl sites for hydroxylation is 1. The number of thiazole rings is 1. The molecule has 2 N–H and O–H groups in total. The van der Waals surface area contributed by atoms with Gasteiger partial charge in [-0.3, -0.25) is 9.20 Å². The molecule has 2 aromatic carbocycles. The highest BCUT2D eigenvalue weighted by molar-refractivity contribution is 7.15. The van der Waals surface area contributed by atoms with Gasteiger partial charge in [-0.1, -0.05) is 60.2 Å². The van der Waals surface area contributed by atoms with Crippen LogP contribution in [0.25, 0.3) is 4.96 Å². The van der Waals surface area contributed by atoms with E-state index in [-0.39, 0.29) is 11.6 Å². The van der Waals surface area contributed by atoms with E-state index in [1.807, 2.05) is 11.4 Å². The third-order valence-corrected chi connectivity index (χ3v) is 5.27. The van der Waals surface area contributed by atoms with Gasteiger partial charge in [0.1, 0.15) is 18.3 Å². The molecule has 4 nitrogen and oxygen atoms in total. The molecule has 0 amide bonds. The first-order valence-electron chi connectivity index (χ1n) is 8.61. The van der Waals surface area contributed by atoms with Crippen LogP contribution >= 0.6 is 11.3 Å². The van der Waals surface area contributed by atoms with E-state index in [2.05, 4.69) is 65.8 Å². The lowest BCUT2D eigenvalue weighted by molar-refractivity contribution is -0.702. The largest absolute Gasteiger partial charge is 0.331 e. The van der Waals surface area contributed by atoms with Crippen LogP contribution in [-0.4, -0.2) is 9.38 Å². The summed E-state index contributed by atoms with van der Waals surface area (Å²) in [6, 6.07) is 20.9. The van der Waals surface area contributed by atoms with Crippen LogP contribution in [0.2, 0.25) is 0 Å². The molecule has 0 radical (unpaired) electrons. The fourth-order valence-corrected chi connectivity index (χ4v) is 3.87. The van der Waals surface area contributed by atoms with Crippen LogP contribution in [0, 0.1) is 6.92 Å². The predicted octanol–water partition coefficient (Wildman–Crippen LogP) is 2.92. The molecule has 0 saturated carbocycles. The van der Waals surface area contributed by atoms with Gasteiger partial charge in [-0.05, 0) is 6.92 Å². The Labute approximate surface area is 155 Å². The molecule has 0 spiro atoms. The average Bonchev–Trinajstić information content (AvgIpc) is 3.13. The van der Waals surface area contributed by atoms with Crippen LogP contribution in [0.5, 0.6) is 0 Å². The van der Waals surface area contributed by atoms with Gasteiger partial charge in [0.2, 0.25) is 0 Å². The highest BCUT2D eigenvalue weighted by Crippen LogP contribution is 2.19. The summed E-state index contributed by atoms with van der Waals surface area (Å²) in [5.74, 6) is 0. The number of hydrogen-bond donors (Lipinski definition) is 1. The van der Waals surface area contributed by atoms with E-state index in [1.54, 1.807) is 16.7 Å². The minimum atomic E-state index is -0.0220. The summed E-state index contributed by atoms with van der Waals surface area (Å²) in [5.41, 5.74) is 4.52. The summed E-state index contributed by atoms with van der Waals surface area (Å²) in [5, 5.41) is 4.13. The van der Waals surface area contributed by atoms with Crippen molar-refractivity contribution in [1.82, 2.24) is 9.38 Å². The van der Waals surface area contributed by atoms with E-state index in [0.717, 1.165) is 10.7 Å². The number of nitrogens with two attached hydrogens (primary N) is 1. The van der Waals surface area contributed by atoms with Crippen molar-refractivity contribution in [2.45, 2.75) is 19.5 Å². The van der Waals surface area contributed by atoms with Crippen LogP contribution < -0.4 is 10.9 Å². The zero-order chi connectivity index (χ0) is 17.9. The van der Waals surface area contributed by atoms with E-state index in [1.165, 1.54) is 28.0 Å². The number of nitrogens with zero attached hydrogens (tertiary/aromatic N) is 2. The Hall–Kier alpha value is -2.76. The van der Waals surface area contributed by atoms with Crippen LogP contribution in [0.15, 0.2) is 77.0 Å². The smallest absolute Gasteiger partial charge is 0.258 e. The third kappa shape index (κ3) is 3.45. The summed E-state index contributed by atoms with van der Waals surface area (Å²) < 4.78 is 1.59. The van der Waals surface area contributed by atoms with E-state index < -0.39 is 0 Å². The summed E-state index contributed by atoms with van der Waals surface area (Å²) in [6.45, 7) is 2.75. The second-order valence-electron chi connectivity index (χ2n) is 6.38.